The molecule has 0 bridgehead atoms. The van der Waals surface area contributed by atoms with Crippen molar-refractivity contribution >= 4 is 16.1 Å². The van der Waals surface area contributed by atoms with Crippen molar-refractivity contribution in [3.8, 4) is 0 Å². The van der Waals surface area contributed by atoms with Gasteiger partial charge in [0.25, 0.3) is 0 Å². The summed E-state index contributed by atoms with van der Waals surface area (Å²) < 4.78 is 28.4. The first-order valence-corrected chi connectivity index (χ1v) is 10.7. The van der Waals surface area contributed by atoms with Crippen LogP contribution >= 0.6 is 0 Å². The summed E-state index contributed by atoms with van der Waals surface area (Å²) in [5, 5.41) is 5.16. The van der Waals surface area contributed by atoms with Gasteiger partial charge in [0, 0.05) is 18.3 Å². The Labute approximate surface area is 159 Å². The van der Waals surface area contributed by atoms with Gasteiger partial charge < -0.3 is 0 Å². The zero-order chi connectivity index (χ0) is 19.1. The molecule has 0 amide bonds. The summed E-state index contributed by atoms with van der Waals surface area (Å²) in [5.74, 6) is 0.262. The molecule has 2 N–H and O–H groups in total. The highest BCUT2D eigenvalue weighted by Gasteiger charge is 2.50. The van der Waals surface area contributed by atoms with Gasteiger partial charge in [0.05, 0.1) is 0 Å². The van der Waals surface area contributed by atoms with Gasteiger partial charge in [0.1, 0.15) is 11.9 Å². The SMILES string of the molecule is NS(=O)(=O)O[C@H]1C[C@@H]2CC(=O)CC[C@@]2(Cc2ccccc2)c2ccccc21. The predicted molar refractivity (Wildman–Crippen MR) is 102 cm³/mol. The summed E-state index contributed by atoms with van der Waals surface area (Å²) in [6.07, 6.45) is 2.43. The molecule has 27 heavy (non-hydrogen) atoms. The first-order chi connectivity index (χ1) is 12.9. The minimum atomic E-state index is -4.08. The highest BCUT2D eigenvalue weighted by Crippen LogP contribution is 2.54. The fraction of sp³-hybridized carbons (Fsp3) is 0.381. The average molecular weight is 385 g/mol. The molecule has 142 valence electrons. The summed E-state index contributed by atoms with van der Waals surface area (Å²) in [7, 11) is -4.08. The molecule has 0 aliphatic heterocycles. The smallest absolute Gasteiger partial charge is 0.300 e. The van der Waals surface area contributed by atoms with Gasteiger partial charge in [0.2, 0.25) is 0 Å². The standard InChI is InChI=1S/C21H23NO4S/c22-27(24,25)26-20-13-16-12-17(23)10-11-21(16,14-15-6-2-1-3-7-15)19-9-5-4-8-18(19)20/h1-9,16,20H,10-14H2,(H2,22,24,25)/t16-,20-,21-/m0/s1. The number of hydrogen-bond donors (Lipinski definition) is 1. The summed E-state index contributed by atoms with van der Waals surface area (Å²) in [6, 6.07) is 18.1. The predicted octanol–water partition coefficient (Wildman–Crippen LogP) is 3.20. The Morgan fingerprint density at radius 2 is 1.78 bits per heavy atom. The molecule has 5 nitrogen and oxygen atoms in total. The fourth-order valence-electron chi connectivity index (χ4n) is 4.96. The molecule has 0 heterocycles. The molecule has 6 heteroatoms. The lowest BCUT2D eigenvalue weighted by atomic mass is 9.54. The lowest BCUT2D eigenvalue weighted by Crippen LogP contribution is -2.47. The van der Waals surface area contributed by atoms with Gasteiger partial charge in [-0.3, -0.25) is 8.98 Å². The lowest BCUT2D eigenvalue weighted by Gasteiger charge is -2.50. The maximum atomic E-state index is 12.2. The molecule has 0 unspecified atom stereocenters. The van der Waals surface area contributed by atoms with Crippen LogP contribution in [0.3, 0.4) is 0 Å². The molecule has 2 aliphatic carbocycles. The quantitative estimate of drug-likeness (QED) is 0.876. The zero-order valence-electron chi connectivity index (χ0n) is 15.0. The van der Waals surface area contributed by atoms with Gasteiger partial charge in [-0.15, -0.1) is 0 Å². The van der Waals surface area contributed by atoms with Crippen LogP contribution in [-0.4, -0.2) is 14.2 Å². The Morgan fingerprint density at radius 1 is 1.07 bits per heavy atom. The van der Waals surface area contributed by atoms with E-state index < -0.39 is 16.4 Å². The Bertz CT molecular complexity index is 957. The zero-order valence-corrected chi connectivity index (χ0v) is 15.8. The molecule has 2 aromatic rings. The number of ketones is 1. The molecule has 1 fully saturated rings. The van der Waals surface area contributed by atoms with E-state index in [0.717, 1.165) is 24.0 Å². The molecule has 0 radical (unpaired) electrons. The number of Topliss-reactive ketones (excluding diaryl/α,β-unsaturated/α-hetero) is 1. The van der Waals surface area contributed by atoms with Gasteiger partial charge in [0.15, 0.2) is 0 Å². The Hall–Kier alpha value is -2.02. The second kappa shape index (κ2) is 6.86. The number of benzene rings is 2. The minimum Gasteiger partial charge on any atom is -0.300 e. The van der Waals surface area contributed by atoms with Crippen molar-refractivity contribution in [1.82, 2.24) is 0 Å². The highest BCUT2D eigenvalue weighted by atomic mass is 32.2. The van der Waals surface area contributed by atoms with Crippen LogP contribution in [0, 0.1) is 5.92 Å². The van der Waals surface area contributed by atoms with Gasteiger partial charge in [-0.1, -0.05) is 54.6 Å². The third-order valence-corrected chi connectivity index (χ3v) is 6.56. The number of carbonyl (C=O) groups excluding carboxylic acids is 1. The van der Waals surface area contributed by atoms with E-state index in [4.69, 9.17) is 9.32 Å². The molecule has 0 aromatic heterocycles. The first-order valence-electron chi connectivity index (χ1n) is 9.23. The van der Waals surface area contributed by atoms with E-state index in [0.29, 0.717) is 19.3 Å². The molecular formula is C21H23NO4S. The van der Waals surface area contributed by atoms with E-state index in [9.17, 15) is 13.2 Å². The Balaban J connectivity index is 1.83. The maximum absolute atomic E-state index is 12.2. The van der Waals surface area contributed by atoms with Gasteiger partial charge in [-0.05, 0) is 41.9 Å². The van der Waals surface area contributed by atoms with Crippen LogP contribution in [0.5, 0.6) is 0 Å². The summed E-state index contributed by atoms with van der Waals surface area (Å²) in [6.45, 7) is 0. The number of fused-ring (bicyclic) bond motifs is 3. The summed E-state index contributed by atoms with van der Waals surface area (Å²) in [5.41, 5.74) is 2.99. The van der Waals surface area contributed by atoms with Crippen molar-refractivity contribution in [1.29, 1.82) is 0 Å². The molecule has 4 rings (SSSR count). The summed E-state index contributed by atoms with van der Waals surface area (Å²) in [4.78, 5) is 12.2. The maximum Gasteiger partial charge on any atom is 0.333 e. The topological polar surface area (TPSA) is 86.5 Å². The molecular weight excluding hydrogens is 362 g/mol. The fourth-order valence-corrected chi connectivity index (χ4v) is 5.47. The molecule has 2 aliphatic rings. The van der Waals surface area contributed by atoms with Crippen molar-refractivity contribution in [2.75, 3.05) is 0 Å². The van der Waals surface area contributed by atoms with Crippen molar-refractivity contribution in [3.63, 3.8) is 0 Å². The van der Waals surface area contributed by atoms with Gasteiger partial charge in [-0.2, -0.15) is 8.42 Å². The molecule has 0 saturated heterocycles. The van der Waals surface area contributed by atoms with Crippen LogP contribution in [-0.2, 0) is 31.1 Å². The van der Waals surface area contributed by atoms with E-state index in [1.54, 1.807) is 0 Å². The van der Waals surface area contributed by atoms with E-state index in [2.05, 4.69) is 18.2 Å². The number of hydrogen-bond acceptors (Lipinski definition) is 4. The summed E-state index contributed by atoms with van der Waals surface area (Å²) >= 11 is 0. The van der Waals surface area contributed by atoms with Crippen LogP contribution in [0.2, 0.25) is 0 Å². The van der Waals surface area contributed by atoms with Crippen LogP contribution in [0.1, 0.15) is 48.5 Å². The van der Waals surface area contributed by atoms with Crippen molar-refractivity contribution in [2.24, 2.45) is 11.1 Å². The second-order valence-electron chi connectivity index (χ2n) is 7.66. The number of carbonyl (C=O) groups is 1. The van der Waals surface area contributed by atoms with E-state index in [1.165, 1.54) is 5.56 Å². The van der Waals surface area contributed by atoms with Crippen molar-refractivity contribution in [3.05, 3.63) is 71.3 Å². The molecule has 0 spiro atoms. The largest absolute Gasteiger partial charge is 0.333 e. The van der Waals surface area contributed by atoms with E-state index >= 15 is 0 Å². The average Bonchev–Trinajstić information content (AvgIpc) is 2.63. The van der Waals surface area contributed by atoms with Crippen LogP contribution < -0.4 is 5.14 Å². The monoisotopic (exact) mass is 385 g/mol. The third kappa shape index (κ3) is 3.57. The molecule has 3 atom stereocenters. The number of nitrogens with two attached hydrogens (primary N) is 1. The normalized spacial score (nSPS) is 27.7. The Morgan fingerprint density at radius 3 is 2.52 bits per heavy atom. The van der Waals surface area contributed by atoms with Crippen LogP contribution in [0.4, 0.5) is 0 Å². The Kier molecular flexibility index (Phi) is 4.66. The number of rotatable bonds is 4. The highest BCUT2D eigenvalue weighted by molar-refractivity contribution is 7.84. The lowest BCUT2D eigenvalue weighted by molar-refractivity contribution is -0.124. The van der Waals surface area contributed by atoms with E-state index in [-0.39, 0.29) is 17.1 Å². The van der Waals surface area contributed by atoms with Gasteiger partial charge in [-0.25, -0.2) is 5.14 Å². The van der Waals surface area contributed by atoms with Crippen LogP contribution in [0.25, 0.3) is 0 Å². The van der Waals surface area contributed by atoms with Gasteiger partial charge >= 0.3 is 10.3 Å². The van der Waals surface area contributed by atoms with E-state index in [1.807, 2.05) is 36.4 Å². The third-order valence-electron chi connectivity index (χ3n) is 6.06. The minimum absolute atomic E-state index is 0.0283. The van der Waals surface area contributed by atoms with Crippen molar-refractivity contribution < 1.29 is 17.4 Å². The van der Waals surface area contributed by atoms with Crippen LogP contribution in [0.15, 0.2) is 54.6 Å². The van der Waals surface area contributed by atoms with Crippen molar-refractivity contribution in [2.45, 2.75) is 43.6 Å². The molecule has 1 saturated carbocycles. The first kappa shape index (κ1) is 18.3. The molecule has 2 aromatic carbocycles. The second-order valence-corrected chi connectivity index (χ2v) is 8.84.